The van der Waals surface area contributed by atoms with Gasteiger partial charge in [0.05, 0.1) is 19.5 Å². The molecule has 4 atom stereocenters. The molecule has 3 rings (SSSR count). The minimum absolute atomic E-state index is 0.0948. The van der Waals surface area contributed by atoms with Gasteiger partial charge in [0.1, 0.15) is 0 Å². The molecular formula is C18H22BF3N2O. The van der Waals surface area contributed by atoms with Gasteiger partial charge in [-0.3, -0.25) is 4.79 Å². The van der Waals surface area contributed by atoms with Crippen molar-refractivity contribution in [3.05, 3.63) is 35.4 Å². The van der Waals surface area contributed by atoms with Crippen LogP contribution in [0, 0.1) is 11.8 Å². The lowest BCUT2D eigenvalue weighted by atomic mass is 9.92. The molecule has 1 aromatic carbocycles. The molecule has 134 valence electrons. The van der Waals surface area contributed by atoms with Crippen LogP contribution in [0.4, 0.5) is 13.2 Å². The van der Waals surface area contributed by atoms with E-state index in [2.05, 4.69) is 0 Å². The summed E-state index contributed by atoms with van der Waals surface area (Å²) in [5.74, 6) is 0.993. The second-order valence-electron chi connectivity index (χ2n) is 7.15. The van der Waals surface area contributed by atoms with Crippen molar-refractivity contribution < 1.29 is 18.0 Å². The van der Waals surface area contributed by atoms with Crippen LogP contribution in [0.3, 0.4) is 0 Å². The van der Waals surface area contributed by atoms with Gasteiger partial charge in [0.15, 0.2) is 0 Å². The maximum atomic E-state index is 12.6. The number of nitrogens with zero attached hydrogens (tertiary/aromatic N) is 1. The number of fused-ring (bicyclic) bond motifs is 1. The molecule has 2 radical (unpaired) electrons. The quantitative estimate of drug-likeness (QED) is 0.802. The van der Waals surface area contributed by atoms with Gasteiger partial charge in [0.25, 0.3) is 0 Å². The molecule has 2 aliphatic rings. The first kappa shape index (κ1) is 18.3. The van der Waals surface area contributed by atoms with Gasteiger partial charge in [0, 0.05) is 12.6 Å². The Labute approximate surface area is 147 Å². The number of nitrogens with two attached hydrogens (primary N) is 1. The Morgan fingerprint density at radius 1 is 1.32 bits per heavy atom. The molecule has 1 saturated carbocycles. The predicted octanol–water partition coefficient (Wildman–Crippen LogP) is 2.79. The summed E-state index contributed by atoms with van der Waals surface area (Å²) >= 11 is 0. The highest BCUT2D eigenvalue weighted by Crippen LogP contribution is 2.50. The smallest absolute Gasteiger partial charge is 0.338 e. The number of hydrogen-bond donors (Lipinski definition) is 1. The van der Waals surface area contributed by atoms with Crippen molar-refractivity contribution in [1.29, 1.82) is 0 Å². The Hall–Kier alpha value is -1.50. The summed E-state index contributed by atoms with van der Waals surface area (Å²) in [5, 5.41) is 0. The van der Waals surface area contributed by atoms with E-state index < -0.39 is 17.8 Å². The van der Waals surface area contributed by atoms with Crippen LogP contribution in [-0.4, -0.2) is 37.3 Å². The third-order valence-corrected chi connectivity index (χ3v) is 5.36. The van der Waals surface area contributed by atoms with Gasteiger partial charge < -0.3 is 10.6 Å². The molecule has 1 amide bonds. The van der Waals surface area contributed by atoms with Crippen molar-refractivity contribution in [1.82, 2.24) is 4.90 Å². The summed E-state index contributed by atoms with van der Waals surface area (Å²) in [6.45, 7) is 0.731. The zero-order valence-corrected chi connectivity index (χ0v) is 14.0. The third kappa shape index (κ3) is 4.02. The van der Waals surface area contributed by atoms with Crippen molar-refractivity contribution in [2.45, 2.75) is 50.3 Å². The zero-order valence-electron chi connectivity index (χ0n) is 14.0. The molecular weight excluding hydrogens is 328 g/mol. The number of carbonyl (C=O) groups is 1. The van der Waals surface area contributed by atoms with Crippen LogP contribution in [0.1, 0.15) is 30.4 Å². The fourth-order valence-electron chi connectivity index (χ4n) is 3.91. The van der Waals surface area contributed by atoms with Crippen molar-refractivity contribution in [2.75, 3.05) is 6.54 Å². The predicted molar refractivity (Wildman–Crippen MR) is 90.0 cm³/mol. The second-order valence-corrected chi connectivity index (χ2v) is 7.15. The van der Waals surface area contributed by atoms with Crippen molar-refractivity contribution in [2.24, 2.45) is 17.6 Å². The standard InChI is InChI=1S/C18H22BF3N2O/c19-7-1-2-12-10-24(16-9-14(12)16)17(25)15(23)8-11-3-5-13(6-4-11)18(20,21)22/h3-6,12,14-16H,1-2,7-10,23H2. The summed E-state index contributed by atoms with van der Waals surface area (Å²) in [4.78, 5) is 14.5. The number of hydrogen-bond acceptors (Lipinski definition) is 2. The minimum atomic E-state index is -4.36. The summed E-state index contributed by atoms with van der Waals surface area (Å²) in [5.41, 5.74) is 5.99. The van der Waals surface area contributed by atoms with E-state index in [0.29, 0.717) is 29.8 Å². The topological polar surface area (TPSA) is 46.3 Å². The SMILES string of the molecule is [B]CCCC1CN(C(=O)C(N)Cc2ccc(C(F)(F)F)cc2)C2CC12. The Morgan fingerprint density at radius 2 is 2.00 bits per heavy atom. The van der Waals surface area contributed by atoms with E-state index in [0.717, 1.165) is 37.9 Å². The van der Waals surface area contributed by atoms with Crippen molar-refractivity contribution >= 4 is 13.8 Å². The minimum Gasteiger partial charge on any atom is -0.338 e. The van der Waals surface area contributed by atoms with Crippen LogP contribution in [0.25, 0.3) is 0 Å². The molecule has 1 saturated heterocycles. The largest absolute Gasteiger partial charge is 0.416 e. The number of likely N-dealkylation sites (tertiary alicyclic amines) is 1. The zero-order chi connectivity index (χ0) is 18.2. The van der Waals surface area contributed by atoms with Crippen LogP contribution in [-0.2, 0) is 17.4 Å². The van der Waals surface area contributed by atoms with E-state index in [-0.39, 0.29) is 12.3 Å². The monoisotopic (exact) mass is 350 g/mol. The number of amides is 1. The lowest BCUT2D eigenvalue weighted by Gasteiger charge is -2.24. The highest BCUT2D eigenvalue weighted by molar-refractivity contribution is 6.08. The molecule has 0 bridgehead atoms. The third-order valence-electron chi connectivity index (χ3n) is 5.36. The van der Waals surface area contributed by atoms with E-state index in [1.165, 1.54) is 12.1 Å². The van der Waals surface area contributed by atoms with Crippen LogP contribution < -0.4 is 5.73 Å². The molecule has 0 aromatic heterocycles. The van der Waals surface area contributed by atoms with Crippen LogP contribution in [0.15, 0.2) is 24.3 Å². The van der Waals surface area contributed by atoms with Gasteiger partial charge in [-0.05, 0) is 48.8 Å². The van der Waals surface area contributed by atoms with Gasteiger partial charge >= 0.3 is 6.18 Å². The van der Waals surface area contributed by atoms with Crippen molar-refractivity contribution in [3.63, 3.8) is 0 Å². The molecule has 7 heteroatoms. The lowest BCUT2D eigenvalue weighted by molar-refractivity contribution is -0.137. The van der Waals surface area contributed by atoms with Gasteiger partial charge in [-0.25, -0.2) is 0 Å². The molecule has 1 heterocycles. The fourth-order valence-corrected chi connectivity index (χ4v) is 3.91. The van der Waals surface area contributed by atoms with Crippen LogP contribution in [0.5, 0.6) is 0 Å². The molecule has 25 heavy (non-hydrogen) atoms. The molecule has 1 aromatic rings. The Bertz CT molecular complexity index is 620. The second kappa shape index (κ2) is 7.02. The maximum absolute atomic E-state index is 12.6. The molecule has 3 nitrogen and oxygen atoms in total. The van der Waals surface area contributed by atoms with Gasteiger partial charge in [0.2, 0.25) is 5.91 Å². The van der Waals surface area contributed by atoms with E-state index in [4.69, 9.17) is 13.6 Å². The molecule has 2 fully saturated rings. The molecule has 1 aliphatic heterocycles. The molecule has 0 spiro atoms. The summed E-state index contributed by atoms with van der Waals surface area (Å²) in [7, 11) is 5.56. The molecule has 1 aliphatic carbocycles. The van der Waals surface area contributed by atoms with E-state index in [1.807, 2.05) is 4.90 Å². The van der Waals surface area contributed by atoms with Crippen LogP contribution in [0.2, 0.25) is 6.32 Å². The number of rotatable bonds is 6. The first-order chi connectivity index (χ1) is 11.8. The highest BCUT2D eigenvalue weighted by atomic mass is 19.4. The normalized spacial score (nSPS) is 26.4. The van der Waals surface area contributed by atoms with Gasteiger partial charge in [-0.15, -0.1) is 0 Å². The van der Waals surface area contributed by atoms with Crippen LogP contribution >= 0.6 is 0 Å². The van der Waals surface area contributed by atoms with Gasteiger partial charge in [-0.2, -0.15) is 13.2 Å². The van der Waals surface area contributed by atoms with E-state index >= 15 is 0 Å². The number of piperidine rings is 1. The number of halogens is 3. The number of benzene rings is 1. The highest BCUT2D eigenvalue weighted by Gasteiger charge is 2.54. The lowest BCUT2D eigenvalue weighted by Crippen LogP contribution is -2.45. The van der Waals surface area contributed by atoms with Gasteiger partial charge in [-0.1, -0.05) is 24.9 Å². The Morgan fingerprint density at radius 3 is 2.60 bits per heavy atom. The average molecular weight is 350 g/mol. The number of alkyl halides is 3. The maximum Gasteiger partial charge on any atom is 0.416 e. The molecule has 4 unspecified atom stereocenters. The fraction of sp³-hybridized carbons (Fsp3) is 0.611. The first-order valence-electron chi connectivity index (χ1n) is 8.73. The average Bonchev–Trinajstić information content (AvgIpc) is 3.27. The van der Waals surface area contributed by atoms with Crippen molar-refractivity contribution in [3.8, 4) is 0 Å². The molecule has 2 N–H and O–H groups in total. The Kier molecular flexibility index (Phi) is 5.14. The Balaban J connectivity index is 1.57. The summed E-state index contributed by atoms with van der Waals surface area (Å²) < 4.78 is 37.8. The first-order valence-corrected chi connectivity index (χ1v) is 8.73. The van der Waals surface area contributed by atoms with E-state index in [1.54, 1.807) is 0 Å². The summed E-state index contributed by atoms with van der Waals surface area (Å²) in [6, 6.07) is 4.43. The van der Waals surface area contributed by atoms with E-state index in [9.17, 15) is 18.0 Å². The summed E-state index contributed by atoms with van der Waals surface area (Å²) in [6.07, 6.45) is -0.407. The number of carbonyl (C=O) groups excluding carboxylic acids is 1.